The second-order valence-electron chi connectivity index (χ2n) is 5.97. The van der Waals surface area contributed by atoms with E-state index in [0.29, 0.717) is 18.0 Å². The summed E-state index contributed by atoms with van der Waals surface area (Å²) in [7, 11) is 1.90. The van der Waals surface area contributed by atoms with Gasteiger partial charge in [-0.2, -0.15) is 0 Å². The Morgan fingerprint density at radius 2 is 2.42 bits per heavy atom. The lowest BCUT2D eigenvalue weighted by atomic mass is 9.99. The Morgan fingerprint density at radius 1 is 1.50 bits per heavy atom. The number of hydrogen-bond donors (Lipinski definition) is 2. The number of hydrogen-bond acceptors (Lipinski definition) is 6. The van der Waals surface area contributed by atoms with Gasteiger partial charge in [-0.05, 0) is 43.5 Å². The average molecular weight is 346 g/mol. The Morgan fingerprint density at radius 3 is 3.17 bits per heavy atom. The Hall–Kier alpha value is -1.93. The van der Waals surface area contributed by atoms with Gasteiger partial charge in [0.05, 0.1) is 5.56 Å². The molecule has 0 aliphatic carbocycles. The largest absolute Gasteiger partial charge is 0.351 e. The number of carbonyl (C=O) groups excluding carboxylic acids is 1. The molecule has 8 heteroatoms. The molecule has 0 saturated carbocycles. The standard InChI is InChI=1S/C16H22N6OS/c1-22-11-20-21-16(22)24-5-4-19-15(23)14-7-13(9-18-10-14)6-12-2-3-17-8-12/h7,9-12,17H,2-6,8H2,1H3,(H,19,23). The molecule has 128 valence electrons. The van der Waals surface area contributed by atoms with Gasteiger partial charge in [-0.25, -0.2) is 0 Å². The van der Waals surface area contributed by atoms with Gasteiger partial charge in [0.25, 0.3) is 5.91 Å². The van der Waals surface area contributed by atoms with Gasteiger partial charge < -0.3 is 15.2 Å². The van der Waals surface area contributed by atoms with Crippen molar-refractivity contribution >= 4 is 17.7 Å². The number of amides is 1. The average Bonchev–Trinajstić information content (AvgIpc) is 3.24. The fourth-order valence-electron chi connectivity index (χ4n) is 2.76. The van der Waals surface area contributed by atoms with Crippen molar-refractivity contribution in [3.63, 3.8) is 0 Å². The molecule has 2 N–H and O–H groups in total. The maximum Gasteiger partial charge on any atom is 0.252 e. The Labute approximate surface area is 145 Å². The lowest BCUT2D eigenvalue weighted by Crippen LogP contribution is -2.26. The lowest BCUT2D eigenvalue weighted by Gasteiger charge is -2.09. The Balaban J connectivity index is 1.46. The highest BCUT2D eigenvalue weighted by Crippen LogP contribution is 2.15. The molecule has 0 radical (unpaired) electrons. The Bertz CT molecular complexity index is 683. The molecular formula is C16H22N6OS. The van der Waals surface area contributed by atoms with Crippen molar-refractivity contribution in [3.05, 3.63) is 35.9 Å². The van der Waals surface area contributed by atoms with Crippen LogP contribution in [0.2, 0.25) is 0 Å². The van der Waals surface area contributed by atoms with E-state index in [9.17, 15) is 4.79 Å². The molecule has 2 aromatic rings. The minimum atomic E-state index is -0.0764. The van der Waals surface area contributed by atoms with Crippen LogP contribution in [0.3, 0.4) is 0 Å². The number of nitrogens with one attached hydrogen (secondary N) is 2. The van der Waals surface area contributed by atoms with Crippen LogP contribution in [-0.2, 0) is 13.5 Å². The smallest absolute Gasteiger partial charge is 0.252 e. The number of rotatable bonds is 7. The maximum absolute atomic E-state index is 12.3. The van der Waals surface area contributed by atoms with Gasteiger partial charge in [0.1, 0.15) is 6.33 Å². The summed E-state index contributed by atoms with van der Waals surface area (Å²) < 4.78 is 1.86. The first-order valence-corrected chi connectivity index (χ1v) is 9.10. The minimum Gasteiger partial charge on any atom is -0.351 e. The normalized spacial score (nSPS) is 17.1. The number of aromatic nitrogens is 4. The summed E-state index contributed by atoms with van der Waals surface area (Å²) >= 11 is 1.57. The quantitative estimate of drug-likeness (QED) is 0.572. The van der Waals surface area contributed by atoms with Crippen molar-refractivity contribution in [1.82, 2.24) is 30.4 Å². The molecular weight excluding hydrogens is 324 g/mol. The van der Waals surface area contributed by atoms with Gasteiger partial charge in [-0.15, -0.1) is 10.2 Å². The summed E-state index contributed by atoms with van der Waals surface area (Å²) in [6, 6.07) is 1.95. The zero-order valence-corrected chi connectivity index (χ0v) is 14.6. The van der Waals surface area contributed by atoms with Crippen molar-refractivity contribution in [3.8, 4) is 0 Å². The van der Waals surface area contributed by atoms with Crippen LogP contribution in [0, 0.1) is 5.92 Å². The van der Waals surface area contributed by atoms with Gasteiger partial charge >= 0.3 is 0 Å². The number of nitrogens with zero attached hydrogens (tertiary/aromatic N) is 4. The molecule has 1 aliphatic rings. The van der Waals surface area contributed by atoms with E-state index in [-0.39, 0.29) is 5.91 Å². The van der Waals surface area contributed by atoms with E-state index in [1.165, 1.54) is 6.42 Å². The summed E-state index contributed by atoms with van der Waals surface area (Å²) in [6.07, 6.45) is 7.32. The van der Waals surface area contributed by atoms with E-state index in [2.05, 4.69) is 25.8 Å². The number of carbonyl (C=O) groups is 1. The third-order valence-corrected chi connectivity index (χ3v) is 5.07. The fraction of sp³-hybridized carbons (Fsp3) is 0.500. The van der Waals surface area contributed by atoms with Crippen molar-refractivity contribution in [2.75, 3.05) is 25.4 Å². The van der Waals surface area contributed by atoms with E-state index < -0.39 is 0 Å². The van der Waals surface area contributed by atoms with E-state index >= 15 is 0 Å². The molecule has 24 heavy (non-hydrogen) atoms. The van der Waals surface area contributed by atoms with Crippen molar-refractivity contribution < 1.29 is 4.79 Å². The molecule has 1 amide bonds. The Kier molecular flexibility index (Phi) is 5.81. The number of thioether (sulfide) groups is 1. The maximum atomic E-state index is 12.3. The zero-order valence-electron chi connectivity index (χ0n) is 13.7. The van der Waals surface area contributed by atoms with Crippen molar-refractivity contribution in [1.29, 1.82) is 0 Å². The second-order valence-corrected chi connectivity index (χ2v) is 7.04. The van der Waals surface area contributed by atoms with E-state index in [0.717, 1.165) is 36.0 Å². The molecule has 0 bridgehead atoms. The number of pyridine rings is 1. The molecule has 0 aromatic carbocycles. The molecule has 1 atom stereocenters. The predicted molar refractivity (Wildman–Crippen MR) is 93.0 cm³/mol. The highest BCUT2D eigenvalue weighted by atomic mass is 32.2. The second kappa shape index (κ2) is 8.25. The molecule has 1 fully saturated rings. The summed E-state index contributed by atoms with van der Waals surface area (Å²) in [4.78, 5) is 16.5. The third-order valence-electron chi connectivity index (χ3n) is 4.03. The third kappa shape index (κ3) is 4.55. The first-order valence-electron chi connectivity index (χ1n) is 8.12. The first kappa shape index (κ1) is 16.9. The van der Waals surface area contributed by atoms with Crippen LogP contribution in [0.15, 0.2) is 29.9 Å². The van der Waals surface area contributed by atoms with Crippen LogP contribution in [0.25, 0.3) is 0 Å². The van der Waals surface area contributed by atoms with Gasteiger partial charge in [0.15, 0.2) is 5.16 Å². The molecule has 2 aromatic heterocycles. The first-order chi connectivity index (χ1) is 11.7. The fourth-order valence-corrected chi connectivity index (χ4v) is 3.50. The topological polar surface area (TPSA) is 84.7 Å². The lowest BCUT2D eigenvalue weighted by molar-refractivity contribution is 0.0955. The molecule has 1 aliphatic heterocycles. The van der Waals surface area contributed by atoms with Gasteiger partial charge in [0, 0.05) is 31.7 Å². The molecule has 7 nitrogen and oxygen atoms in total. The molecule has 1 unspecified atom stereocenters. The van der Waals surface area contributed by atoms with Gasteiger partial charge in [0.2, 0.25) is 0 Å². The van der Waals surface area contributed by atoms with Crippen LogP contribution in [0.4, 0.5) is 0 Å². The van der Waals surface area contributed by atoms with Crippen LogP contribution < -0.4 is 10.6 Å². The van der Waals surface area contributed by atoms with Crippen LogP contribution in [0.5, 0.6) is 0 Å². The highest BCUT2D eigenvalue weighted by molar-refractivity contribution is 7.99. The molecule has 1 saturated heterocycles. The summed E-state index contributed by atoms with van der Waals surface area (Å²) in [5.74, 6) is 1.32. The predicted octanol–water partition coefficient (Wildman–Crippen LogP) is 0.884. The summed E-state index contributed by atoms with van der Waals surface area (Å²) in [5.41, 5.74) is 1.76. The minimum absolute atomic E-state index is 0.0764. The summed E-state index contributed by atoms with van der Waals surface area (Å²) in [6.45, 7) is 2.71. The van der Waals surface area contributed by atoms with E-state index in [1.807, 2.05) is 23.9 Å². The van der Waals surface area contributed by atoms with Crippen molar-refractivity contribution in [2.24, 2.45) is 13.0 Å². The zero-order chi connectivity index (χ0) is 16.8. The summed E-state index contributed by atoms with van der Waals surface area (Å²) in [5, 5.41) is 15.0. The van der Waals surface area contributed by atoms with Crippen LogP contribution in [-0.4, -0.2) is 51.0 Å². The molecule has 0 spiro atoms. The SMILES string of the molecule is Cn1cnnc1SCCNC(=O)c1cncc(CC2CCNC2)c1. The van der Waals surface area contributed by atoms with Crippen LogP contribution >= 0.6 is 11.8 Å². The van der Waals surface area contributed by atoms with E-state index in [4.69, 9.17) is 0 Å². The number of aryl methyl sites for hydroxylation is 1. The van der Waals surface area contributed by atoms with Gasteiger partial charge in [-0.1, -0.05) is 11.8 Å². The van der Waals surface area contributed by atoms with E-state index in [1.54, 1.807) is 24.3 Å². The molecule has 3 heterocycles. The van der Waals surface area contributed by atoms with Crippen LogP contribution in [0.1, 0.15) is 22.3 Å². The molecule has 3 rings (SSSR count). The highest BCUT2D eigenvalue weighted by Gasteiger charge is 2.16. The van der Waals surface area contributed by atoms with Crippen molar-refractivity contribution in [2.45, 2.75) is 18.0 Å². The van der Waals surface area contributed by atoms with Gasteiger partial charge in [-0.3, -0.25) is 9.78 Å². The monoisotopic (exact) mass is 346 g/mol.